The van der Waals surface area contributed by atoms with Gasteiger partial charge >= 0.3 is 0 Å². The highest BCUT2D eigenvalue weighted by molar-refractivity contribution is 8.00. The number of nitrogen functional groups attached to an aromatic ring is 1. The molecule has 96 valence electrons. The summed E-state index contributed by atoms with van der Waals surface area (Å²) in [6.07, 6.45) is 0. The Balaban J connectivity index is 1.78. The molecule has 0 aliphatic carbocycles. The second-order valence-electron chi connectivity index (χ2n) is 4.09. The summed E-state index contributed by atoms with van der Waals surface area (Å²) >= 11 is 3.33. The molecule has 0 saturated carbocycles. The zero-order valence-electron chi connectivity index (χ0n) is 10.3. The Labute approximate surface area is 119 Å². The van der Waals surface area contributed by atoms with Crippen LogP contribution in [0.25, 0.3) is 10.2 Å². The number of thioether (sulfide) groups is 1. The van der Waals surface area contributed by atoms with E-state index in [2.05, 4.69) is 21.0 Å². The van der Waals surface area contributed by atoms with E-state index in [1.807, 2.05) is 25.1 Å². The van der Waals surface area contributed by atoms with Gasteiger partial charge in [0.15, 0.2) is 4.34 Å². The predicted octanol–water partition coefficient (Wildman–Crippen LogP) is 3.27. The molecule has 0 fully saturated rings. The van der Waals surface area contributed by atoms with Crippen LogP contribution in [0.3, 0.4) is 0 Å². The predicted molar refractivity (Wildman–Crippen MR) is 80.4 cm³/mol. The van der Waals surface area contributed by atoms with E-state index in [1.165, 1.54) is 4.70 Å². The van der Waals surface area contributed by atoms with Gasteiger partial charge in [-0.3, -0.25) is 0 Å². The third-order valence-electron chi connectivity index (χ3n) is 2.52. The fourth-order valence-corrected chi connectivity index (χ4v) is 3.68. The van der Waals surface area contributed by atoms with Crippen LogP contribution in [0.2, 0.25) is 0 Å². The lowest BCUT2D eigenvalue weighted by molar-refractivity contribution is 1.00. The van der Waals surface area contributed by atoms with Gasteiger partial charge < -0.3 is 5.73 Å². The molecular formula is C13H12N4S2. The molecule has 19 heavy (non-hydrogen) atoms. The highest BCUT2D eigenvalue weighted by atomic mass is 32.2. The van der Waals surface area contributed by atoms with Crippen LogP contribution < -0.4 is 5.73 Å². The summed E-state index contributed by atoms with van der Waals surface area (Å²) in [6.45, 7) is 1.92. The molecule has 2 heterocycles. The van der Waals surface area contributed by atoms with Crippen molar-refractivity contribution in [2.75, 3.05) is 5.73 Å². The topological polar surface area (TPSA) is 64.7 Å². The van der Waals surface area contributed by atoms with Gasteiger partial charge in [0, 0.05) is 11.8 Å². The first-order valence-corrected chi connectivity index (χ1v) is 7.59. The number of aryl methyl sites for hydroxylation is 1. The Hall–Kier alpha value is -1.66. The molecule has 0 saturated heterocycles. The van der Waals surface area contributed by atoms with E-state index >= 15 is 0 Å². The number of aromatic nitrogens is 3. The molecule has 6 heteroatoms. The molecule has 4 nitrogen and oxygen atoms in total. The molecule has 0 bridgehead atoms. The van der Waals surface area contributed by atoms with E-state index < -0.39 is 0 Å². The number of fused-ring (bicyclic) bond motifs is 1. The van der Waals surface area contributed by atoms with Crippen LogP contribution in [-0.4, -0.2) is 15.0 Å². The molecule has 0 amide bonds. The van der Waals surface area contributed by atoms with Gasteiger partial charge in [0.25, 0.3) is 0 Å². The van der Waals surface area contributed by atoms with Crippen molar-refractivity contribution in [1.82, 2.24) is 15.0 Å². The molecule has 3 aromatic rings. The quantitative estimate of drug-likeness (QED) is 0.749. The molecule has 0 atom stereocenters. The van der Waals surface area contributed by atoms with Crippen LogP contribution in [0.1, 0.15) is 11.5 Å². The van der Waals surface area contributed by atoms with Gasteiger partial charge in [0.2, 0.25) is 0 Å². The average Bonchev–Trinajstić information content (AvgIpc) is 2.78. The summed E-state index contributed by atoms with van der Waals surface area (Å²) in [7, 11) is 0. The third-order valence-corrected chi connectivity index (χ3v) is 4.69. The Morgan fingerprint density at radius 1 is 1.21 bits per heavy atom. The normalized spacial score (nSPS) is 11.0. The molecular weight excluding hydrogens is 276 g/mol. The number of hydrogen-bond donors (Lipinski definition) is 1. The van der Waals surface area contributed by atoms with Crippen LogP contribution in [0.5, 0.6) is 0 Å². The van der Waals surface area contributed by atoms with E-state index in [4.69, 9.17) is 5.73 Å². The lowest BCUT2D eigenvalue weighted by Gasteiger charge is -2.01. The zero-order chi connectivity index (χ0) is 13.2. The second-order valence-corrected chi connectivity index (χ2v) is 6.34. The van der Waals surface area contributed by atoms with Gasteiger partial charge in [-0.05, 0) is 19.1 Å². The number of para-hydroxylation sites is 1. The summed E-state index contributed by atoms with van der Waals surface area (Å²) in [6, 6.07) is 9.90. The molecule has 2 aromatic heterocycles. The average molecular weight is 288 g/mol. The molecule has 2 N–H and O–H groups in total. The van der Waals surface area contributed by atoms with Crippen molar-refractivity contribution in [1.29, 1.82) is 0 Å². The lowest BCUT2D eigenvalue weighted by atomic mass is 10.3. The van der Waals surface area contributed by atoms with Crippen molar-refractivity contribution in [2.24, 2.45) is 0 Å². The molecule has 0 aliphatic rings. The maximum atomic E-state index is 5.72. The molecule has 0 aliphatic heterocycles. The summed E-state index contributed by atoms with van der Waals surface area (Å²) in [4.78, 5) is 13.2. The Morgan fingerprint density at radius 2 is 2.05 bits per heavy atom. The summed E-state index contributed by atoms with van der Waals surface area (Å²) < 4.78 is 2.24. The fraction of sp³-hybridized carbons (Fsp3) is 0.154. The monoisotopic (exact) mass is 288 g/mol. The molecule has 0 unspecified atom stereocenters. The highest BCUT2D eigenvalue weighted by Gasteiger charge is 2.06. The van der Waals surface area contributed by atoms with Crippen LogP contribution in [-0.2, 0) is 5.75 Å². The van der Waals surface area contributed by atoms with Crippen LogP contribution in [0, 0.1) is 6.92 Å². The van der Waals surface area contributed by atoms with Gasteiger partial charge in [-0.2, -0.15) is 0 Å². The van der Waals surface area contributed by atoms with Crippen LogP contribution in [0.15, 0.2) is 34.7 Å². The van der Waals surface area contributed by atoms with E-state index in [9.17, 15) is 0 Å². The number of nitrogens with two attached hydrogens (primary N) is 1. The summed E-state index contributed by atoms with van der Waals surface area (Å²) in [5.41, 5.74) is 7.65. The van der Waals surface area contributed by atoms with Crippen molar-refractivity contribution in [2.45, 2.75) is 17.0 Å². The highest BCUT2D eigenvalue weighted by Crippen LogP contribution is 2.30. The molecule has 0 radical (unpaired) electrons. The van der Waals surface area contributed by atoms with Gasteiger partial charge in [-0.25, -0.2) is 15.0 Å². The van der Waals surface area contributed by atoms with Crippen molar-refractivity contribution in [3.63, 3.8) is 0 Å². The maximum Gasteiger partial charge on any atom is 0.151 e. The first kappa shape index (κ1) is 12.4. The number of thiazole rings is 1. The van der Waals surface area contributed by atoms with E-state index in [1.54, 1.807) is 29.2 Å². The minimum absolute atomic E-state index is 0.521. The number of rotatable bonds is 3. The van der Waals surface area contributed by atoms with Crippen LogP contribution >= 0.6 is 23.1 Å². The molecule has 0 spiro atoms. The number of nitrogens with zero attached hydrogens (tertiary/aromatic N) is 3. The standard InChI is InChI=1S/C13H12N4S2/c1-8-6-11(14)17-12(15-8)7-18-13-16-9-4-2-3-5-10(9)19-13/h2-6H,7H2,1H3,(H2,14,15,17). The second kappa shape index (κ2) is 5.14. The minimum Gasteiger partial charge on any atom is -0.384 e. The number of benzene rings is 1. The van der Waals surface area contributed by atoms with Crippen molar-refractivity contribution in [3.8, 4) is 0 Å². The summed E-state index contributed by atoms with van der Waals surface area (Å²) in [5.74, 6) is 1.96. The molecule has 3 rings (SSSR count). The Morgan fingerprint density at radius 3 is 2.84 bits per heavy atom. The van der Waals surface area contributed by atoms with Crippen molar-refractivity contribution in [3.05, 3.63) is 41.9 Å². The lowest BCUT2D eigenvalue weighted by Crippen LogP contribution is -1.99. The number of hydrogen-bond acceptors (Lipinski definition) is 6. The first-order chi connectivity index (χ1) is 9.20. The molecule has 1 aromatic carbocycles. The number of anilines is 1. The van der Waals surface area contributed by atoms with Crippen molar-refractivity contribution < 1.29 is 0 Å². The van der Waals surface area contributed by atoms with E-state index in [0.29, 0.717) is 11.6 Å². The Kier molecular flexibility index (Phi) is 3.35. The minimum atomic E-state index is 0.521. The smallest absolute Gasteiger partial charge is 0.151 e. The zero-order valence-corrected chi connectivity index (χ0v) is 12.0. The van der Waals surface area contributed by atoms with Gasteiger partial charge in [0.1, 0.15) is 11.6 Å². The van der Waals surface area contributed by atoms with E-state index in [0.717, 1.165) is 21.4 Å². The summed E-state index contributed by atoms with van der Waals surface area (Å²) in [5, 5.41) is 0. The first-order valence-electron chi connectivity index (χ1n) is 5.79. The van der Waals surface area contributed by atoms with Gasteiger partial charge in [-0.15, -0.1) is 11.3 Å². The SMILES string of the molecule is Cc1cc(N)nc(CSc2nc3ccccc3s2)n1. The van der Waals surface area contributed by atoms with Gasteiger partial charge in [0.05, 0.1) is 16.0 Å². The van der Waals surface area contributed by atoms with Crippen LogP contribution in [0.4, 0.5) is 5.82 Å². The van der Waals surface area contributed by atoms with Crippen molar-refractivity contribution >= 4 is 39.1 Å². The van der Waals surface area contributed by atoms with E-state index in [-0.39, 0.29) is 0 Å². The fourth-order valence-electron chi connectivity index (χ4n) is 1.76. The van der Waals surface area contributed by atoms with Gasteiger partial charge in [-0.1, -0.05) is 23.9 Å². The third kappa shape index (κ3) is 2.85. The Bertz CT molecular complexity index is 670. The largest absolute Gasteiger partial charge is 0.384 e. The maximum absolute atomic E-state index is 5.72.